The number of rotatable bonds is 10. The number of ether oxygens (including phenoxy) is 1. The lowest BCUT2D eigenvalue weighted by Crippen LogP contribution is -2.25. The van der Waals surface area contributed by atoms with E-state index in [2.05, 4.69) is 6.92 Å². The first-order valence-electron chi connectivity index (χ1n) is 6.47. The summed E-state index contributed by atoms with van der Waals surface area (Å²) in [5.74, 6) is -1.03. The van der Waals surface area contributed by atoms with Gasteiger partial charge in [-0.1, -0.05) is 39.0 Å². The summed E-state index contributed by atoms with van der Waals surface area (Å²) in [4.78, 5) is 10.8. The molecular weight excluding hydrogens is 256 g/mol. The summed E-state index contributed by atoms with van der Waals surface area (Å²) in [6, 6.07) is 0. The third-order valence-corrected chi connectivity index (χ3v) is 3.40. The maximum Gasteiger partial charge on any atom is 0.302 e. The van der Waals surface area contributed by atoms with Crippen molar-refractivity contribution in [3.05, 3.63) is 0 Å². The SMILES string of the molecule is CCCCCCCCC(CS(=O)(=O)O)OC(C)=O. The van der Waals surface area contributed by atoms with Crippen LogP contribution < -0.4 is 0 Å². The molecule has 1 atom stereocenters. The molecule has 0 aliphatic carbocycles. The summed E-state index contributed by atoms with van der Waals surface area (Å²) in [5, 5.41) is 0. The van der Waals surface area contributed by atoms with Crippen molar-refractivity contribution in [1.82, 2.24) is 0 Å². The van der Waals surface area contributed by atoms with Crippen LogP contribution in [0.25, 0.3) is 0 Å². The van der Waals surface area contributed by atoms with Crippen LogP contribution in [0, 0.1) is 0 Å². The van der Waals surface area contributed by atoms with Crippen molar-refractivity contribution < 1.29 is 22.5 Å². The largest absolute Gasteiger partial charge is 0.461 e. The van der Waals surface area contributed by atoms with Gasteiger partial charge in [-0.25, -0.2) is 0 Å². The number of hydrogen-bond acceptors (Lipinski definition) is 4. The van der Waals surface area contributed by atoms with E-state index in [-0.39, 0.29) is 0 Å². The van der Waals surface area contributed by atoms with Crippen molar-refractivity contribution >= 4 is 16.1 Å². The summed E-state index contributed by atoms with van der Waals surface area (Å²) >= 11 is 0. The molecule has 0 aromatic carbocycles. The minimum atomic E-state index is -4.10. The number of unbranched alkanes of at least 4 members (excludes halogenated alkanes) is 5. The molecule has 0 aromatic rings. The fraction of sp³-hybridized carbons (Fsp3) is 0.917. The molecule has 5 nitrogen and oxygen atoms in total. The van der Waals surface area contributed by atoms with E-state index in [9.17, 15) is 13.2 Å². The van der Waals surface area contributed by atoms with Gasteiger partial charge in [0.1, 0.15) is 11.9 Å². The lowest BCUT2D eigenvalue weighted by molar-refractivity contribution is -0.145. The lowest BCUT2D eigenvalue weighted by atomic mass is 10.1. The monoisotopic (exact) mass is 280 g/mol. The normalized spacial score (nSPS) is 13.3. The smallest absolute Gasteiger partial charge is 0.302 e. The molecule has 0 amide bonds. The Bertz CT molecular complexity index is 323. The van der Waals surface area contributed by atoms with Crippen LogP contribution in [0.15, 0.2) is 0 Å². The predicted molar refractivity (Wildman–Crippen MR) is 70.0 cm³/mol. The van der Waals surface area contributed by atoms with Crippen LogP contribution in [0.5, 0.6) is 0 Å². The molecule has 1 unspecified atom stereocenters. The minimum Gasteiger partial charge on any atom is -0.461 e. The first-order valence-corrected chi connectivity index (χ1v) is 8.08. The summed E-state index contributed by atoms with van der Waals surface area (Å²) in [5.41, 5.74) is 0. The van der Waals surface area contributed by atoms with Crippen molar-refractivity contribution in [1.29, 1.82) is 0 Å². The van der Waals surface area contributed by atoms with Crippen LogP contribution >= 0.6 is 0 Å². The Morgan fingerprint density at radius 3 is 2.22 bits per heavy atom. The van der Waals surface area contributed by atoms with Gasteiger partial charge >= 0.3 is 5.97 Å². The van der Waals surface area contributed by atoms with Crippen molar-refractivity contribution in [3.8, 4) is 0 Å². The molecule has 0 saturated heterocycles. The van der Waals surface area contributed by atoms with Gasteiger partial charge in [0.05, 0.1) is 0 Å². The van der Waals surface area contributed by atoms with E-state index >= 15 is 0 Å². The third-order valence-electron chi connectivity index (χ3n) is 2.61. The van der Waals surface area contributed by atoms with Crippen LogP contribution in [-0.2, 0) is 19.6 Å². The van der Waals surface area contributed by atoms with Gasteiger partial charge in [0.25, 0.3) is 10.1 Å². The van der Waals surface area contributed by atoms with Gasteiger partial charge in [-0.05, 0) is 12.8 Å². The zero-order valence-corrected chi connectivity index (χ0v) is 12.0. The molecule has 108 valence electrons. The molecule has 0 radical (unpaired) electrons. The van der Waals surface area contributed by atoms with Crippen LogP contribution in [0.2, 0.25) is 0 Å². The fourth-order valence-corrected chi connectivity index (χ4v) is 2.50. The van der Waals surface area contributed by atoms with E-state index in [0.717, 1.165) is 19.3 Å². The van der Waals surface area contributed by atoms with Crippen LogP contribution in [0.3, 0.4) is 0 Å². The molecule has 18 heavy (non-hydrogen) atoms. The van der Waals surface area contributed by atoms with Gasteiger partial charge in [-0.3, -0.25) is 9.35 Å². The zero-order valence-electron chi connectivity index (χ0n) is 11.2. The number of carbonyl (C=O) groups excluding carboxylic acids is 1. The molecule has 0 spiro atoms. The Hall–Kier alpha value is -0.620. The Labute approximate surface area is 110 Å². The average molecular weight is 280 g/mol. The molecule has 0 fully saturated rings. The molecule has 0 heterocycles. The Morgan fingerprint density at radius 2 is 1.72 bits per heavy atom. The van der Waals surface area contributed by atoms with E-state index in [4.69, 9.17) is 9.29 Å². The van der Waals surface area contributed by atoms with E-state index in [1.165, 1.54) is 26.2 Å². The molecule has 0 bridgehead atoms. The van der Waals surface area contributed by atoms with E-state index in [1.807, 2.05) is 0 Å². The van der Waals surface area contributed by atoms with E-state index in [1.54, 1.807) is 0 Å². The molecule has 1 N–H and O–H groups in total. The van der Waals surface area contributed by atoms with Crippen molar-refractivity contribution in [2.24, 2.45) is 0 Å². The molecule has 0 saturated carbocycles. The molecule has 0 aromatic heterocycles. The molecule has 0 rings (SSSR count). The second kappa shape index (κ2) is 9.33. The molecule has 0 aliphatic heterocycles. The van der Waals surface area contributed by atoms with Crippen LogP contribution in [0.1, 0.15) is 58.8 Å². The van der Waals surface area contributed by atoms with Gasteiger partial charge in [-0.2, -0.15) is 8.42 Å². The van der Waals surface area contributed by atoms with Crippen LogP contribution in [0.4, 0.5) is 0 Å². The Morgan fingerprint density at radius 1 is 1.17 bits per heavy atom. The van der Waals surface area contributed by atoms with Crippen molar-refractivity contribution in [2.45, 2.75) is 64.9 Å². The molecule has 6 heteroatoms. The van der Waals surface area contributed by atoms with E-state index in [0.29, 0.717) is 6.42 Å². The fourth-order valence-electron chi connectivity index (χ4n) is 1.80. The first-order chi connectivity index (χ1) is 8.35. The Kier molecular flexibility index (Phi) is 9.01. The molecular formula is C12H24O5S. The number of carbonyl (C=O) groups is 1. The van der Waals surface area contributed by atoms with Gasteiger partial charge in [-0.15, -0.1) is 0 Å². The highest BCUT2D eigenvalue weighted by Gasteiger charge is 2.19. The van der Waals surface area contributed by atoms with Crippen LogP contribution in [-0.4, -0.2) is 30.8 Å². The summed E-state index contributed by atoms with van der Waals surface area (Å²) in [6.45, 7) is 3.38. The third kappa shape index (κ3) is 11.9. The first kappa shape index (κ1) is 17.4. The maximum atomic E-state index is 10.8. The average Bonchev–Trinajstić information content (AvgIpc) is 2.19. The highest BCUT2D eigenvalue weighted by molar-refractivity contribution is 7.85. The highest BCUT2D eigenvalue weighted by atomic mass is 32.2. The number of esters is 1. The van der Waals surface area contributed by atoms with E-state index < -0.39 is 27.9 Å². The Balaban J connectivity index is 3.91. The maximum absolute atomic E-state index is 10.8. The van der Waals surface area contributed by atoms with Gasteiger partial charge in [0.15, 0.2) is 0 Å². The number of hydrogen-bond donors (Lipinski definition) is 1. The topological polar surface area (TPSA) is 80.7 Å². The summed E-state index contributed by atoms with van der Waals surface area (Å²) < 4.78 is 35.2. The quantitative estimate of drug-likeness (QED) is 0.378. The highest BCUT2D eigenvalue weighted by Crippen LogP contribution is 2.12. The van der Waals surface area contributed by atoms with Gasteiger partial charge in [0.2, 0.25) is 0 Å². The second-order valence-corrected chi connectivity index (χ2v) is 6.03. The predicted octanol–water partition coefficient (Wildman–Crippen LogP) is 2.56. The summed E-state index contributed by atoms with van der Waals surface area (Å²) in [6.07, 6.45) is 6.20. The lowest BCUT2D eigenvalue weighted by Gasteiger charge is -2.15. The summed E-state index contributed by atoms with van der Waals surface area (Å²) in [7, 11) is -4.10. The second-order valence-electron chi connectivity index (χ2n) is 4.54. The standard InChI is InChI=1S/C12H24O5S/c1-3-4-5-6-7-8-9-12(17-11(2)13)10-18(14,15)16/h12H,3-10H2,1-2H3,(H,14,15,16). The molecule has 0 aliphatic rings. The minimum absolute atomic E-state index is 0.478. The zero-order chi connectivity index (χ0) is 14.0. The van der Waals surface area contributed by atoms with Gasteiger partial charge in [0, 0.05) is 6.92 Å². The van der Waals surface area contributed by atoms with Gasteiger partial charge < -0.3 is 4.74 Å². The van der Waals surface area contributed by atoms with Crippen molar-refractivity contribution in [3.63, 3.8) is 0 Å². The van der Waals surface area contributed by atoms with Crippen molar-refractivity contribution in [2.75, 3.05) is 5.75 Å².